The summed E-state index contributed by atoms with van der Waals surface area (Å²) >= 11 is 0. The first-order valence-electron chi connectivity index (χ1n) is 4.69. The normalized spacial score (nSPS) is 22.6. The van der Waals surface area contributed by atoms with Crippen LogP contribution in [0.3, 0.4) is 0 Å². The minimum atomic E-state index is -4.53. The van der Waals surface area contributed by atoms with E-state index in [0.717, 1.165) is 4.90 Å². The molecule has 1 saturated heterocycles. The van der Waals surface area contributed by atoms with Crippen molar-refractivity contribution in [3.05, 3.63) is 0 Å². The van der Waals surface area contributed by atoms with Crippen LogP contribution in [0.15, 0.2) is 5.16 Å². The maximum absolute atomic E-state index is 12.0. The fraction of sp³-hybridized carbons (Fsp3) is 0.750. The molecule has 1 fully saturated rings. The first kappa shape index (κ1) is 12.6. The van der Waals surface area contributed by atoms with Crippen LogP contribution in [0.2, 0.25) is 0 Å². The summed E-state index contributed by atoms with van der Waals surface area (Å²) in [6, 6.07) is -0.722. The average molecular weight is 239 g/mol. The monoisotopic (exact) mass is 239 g/mol. The van der Waals surface area contributed by atoms with Crippen molar-refractivity contribution in [3.63, 3.8) is 0 Å². The molecular formula is C8H12F3N3O2. The Morgan fingerprint density at radius 2 is 2.19 bits per heavy atom. The van der Waals surface area contributed by atoms with Crippen LogP contribution in [0, 0.1) is 0 Å². The van der Waals surface area contributed by atoms with E-state index in [9.17, 15) is 18.0 Å². The molecule has 0 spiro atoms. The smallest absolute Gasteiger partial charge is 0.397 e. The topological polar surface area (TPSA) is 78.9 Å². The molecule has 0 radical (unpaired) electrons. The fourth-order valence-corrected chi connectivity index (χ4v) is 1.71. The molecule has 16 heavy (non-hydrogen) atoms. The van der Waals surface area contributed by atoms with Crippen molar-refractivity contribution >= 4 is 11.7 Å². The van der Waals surface area contributed by atoms with Gasteiger partial charge in [-0.15, -0.1) is 0 Å². The SMILES string of the molecule is NC(=NO)C1CCCN1C(=O)CC(F)(F)F. The van der Waals surface area contributed by atoms with Crippen LogP contribution in [-0.4, -0.2) is 40.6 Å². The molecule has 5 nitrogen and oxygen atoms in total. The Kier molecular flexibility index (Phi) is 3.61. The predicted octanol–water partition coefficient (Wildman–Crippen LogP) is 0.676. The number of nitrogens with zero attached hydrogens (tertiary/aromatic N) is 2. The van der Waals surface area contributed by atoms with E-state index in [2.05, 4.69) is 5.16 Å². The molecule has 0 saturated carbocycles. The quantitative estimate of drug-likeness (QED) is 0.322. The first-order valence-corrected chi connectivity index (χ1v) is 4.69. The van der Waals surface area contributed by atoms with Gasteiger partial charge < -0.3 is 15.8 Å². The standard InChI is InChI=1S/C8H12F3N3O2/c9-8(10,11)4-6(15)14-3-1-2-5(14)7(12)13-16/h5,16H,1-4H2,(H2,12,13). The van der Waals surface area contributed by atoms with Gasteiger partial charge in [-0.05, 0) is 12.8 Å². The third-order valence-electron chi connectivity index (χ3n) is 2.38. The molecule has 3 N–H and O–H groups in total. The van der Waals surface area contributed by atoms with Crippen LogP contribution in [-0.2, 0) is 4.79 Å². The molecule has 0 aromatic carbocycles. The van der Waals surface area contributed by atoms with Gasteiger partial charge in [-0.2, -0.15) is 13.2 Å². The highest BCUT2D eigenvalue weighted by Gasteiger charge is 2.38. The third-order valence-corrected chi connectivity index (χ3v) is 2.38. The Labute approximate surface area is 89.7 Å². The van der Waals surface area contributed by atoms with Crippen molar-refractivity contribution in [2.24, 2.45) is 10.9 Å². The van der Waals surface area contributed by atoms with Gasteiger partial charge in [0.25, 0.3) is 0 Å². The number of oxime groups is 1. The summed E-state index contributed by atoms with van der Waals surface area (Å²) in [6.07, 6.45) is -5.08. The van der Waals surface area contributed by atoms with E-state index in [1.165, 1.54) is 0 Å². The Hall–Kier alpha value is -1.47. The maximum Gasteiger partial charge on any atom is 0.397 e. The van der Waals surface area contributed by atoms with Crippen molar-refractivity contribution in [2.75, 3.05) is 6.54 Å². The van der Waals surface area contributed by atoms with Gasteiger partial charge in [0.05, 0.1) is 6.04 Å². The van der Waals surface area contributed by atoms with E-state index in [-0.39, 0.29) is 12.4 Å². The number of hydrogen-bond donors (Lipinski definition) is 2. The molecule has 0 aromatic heterocycles. The number of carbonyl (C=O) groups excluding carboxylic acids is 1. The summed E-state index contributed by atoms with van der Waals surface area (Å²) < 4.78 is 36.0. The molecule has 0 aromatic rings. The summed E-state index contributed by atoms with van der Waals surface area (Å²) in [5.74, 6) is -1.27. The summed E-state index contributed by atoms with van der Waals surface area (Å²) in [6.45, 7) is 0.204. The van der Waals surface area contributed by atoms with E-state index in [1.807, 2.05) is 0 Å². The summed E-state index contributed by atoms with van der Waals surface area (Å²) in [5, 5.41) is 11.1. The molecule has 1 heterocycles. The van der Waals surface area contributed by atoms with Gasteiger partial charge in [0.2, 0.25) is 5.91 Å². The van der Waals surface area contributed by atoms with Crippen molar-refractivity contribution in [1.29, 1.82) is 0 Å². The largest absolute Gasteiger partial charge is 0.409 e. The van der Waals surface area contributed by atoms with Gasteiger partial charge in [-0.3, -0.25) is 4.79 Å². The van der Waals surface area contributed by atoms with E-state index >= 15 is 0 Å². The number of amidine groups is 1. The van der Waals surface area contributed by atoms with Crippen LogP contribution in [0.5, 0.6) is 0 Å². The second kappa shape index (κ2) is 4.58. The molecule has 0 bridgehead atoms. The number of alkyl halides is 3. The maximum atomic E-state index is 12.0. The molecule has 1 atom stereocenters. The third kappa shape index (κ3) is 3.01. The van der Waals surface area contributed by atoms with Crippen LogP contribution in [0.1, 0.15) is 19.3 Å². The zero-order valence-electron chi connectivity index (χ0n) is 8.37. The lowest BCUT2D eigenvalue weighted by atomic mass is 10.2. The molecule has 1 amide bonds. The molecule has 0 aliphatic carbocycles. The molecular weight excluding hydrogens is 227 g/mol. The zero-order chi connectivity index (χ0) is 12.3. The first-order chi connectivity index (χ1) is 7.35. The van der Waals surface area contributed by atoms with E-state index in [1.54, 1.807) is 0 Å². The van der Waals surface area contributed by atoms with Gasteiger partial charge in [-0.25, -0.2) is 0 Å². The van der Waals surface area contributed by atoms with Crippen LogP contribution >= 0.6 is 0 Å². The van der Waals surface area contributed by atoms with Gasteiger partial charge in [0.1, 0.15) is 6.42 Å². The molecule has 92 valence electrons. The van der Waals surface area contributed by atoms with E-state index in [4.69, 9.17) is 10.9 Å². The Morgan fingerprint density at radius 3 is 2.69 bits per heavy atom. The highest BCUT2D eigenvalue weighted by molar-refractivity contribution is 5.90. The van der Waals surface area contributed by atoms with Crippen molar-refractivity contribution < 1.29 is 23.2 Å². The summed E-state index contributed by atoms with van der Waals surface area (Å²) in [7, 11) is 0. The lowest BCUT2D eigenvalue weighted by molar-refractivity contribution is -0.161. The number of hydrogen-bond acceptors (Lipinski definition) is 3. The van der Waals surface area contributed by atoms with Crippen LogP contribution < -0.4 is 5.73 Å². The number of amides is 1. The number of likely N-dealkylation sites (tertiary alicyclic amines) is 1. The second-order valence-corrected chi connectivity index (χ2v) is 3.56. The average Bonchev–Trinajstić information content (AvgIpc) is 2.62. The number of carbonyl (C=O) groups is 1. The highest BCUT2D eigenvalue weighted by Crippen LogP contribution is 2.24. The molecule has 1 rings (SSSR count). The Morgan fingerprint density at radius 1 is 1.56 bits per heavy atom. The minimum absolute atomic E-state index is 0.204. The van der Waals surface area contributed by atoms with Gasteiger partial charge in [-0.1, -0.05) is 5.16 Å². The highest BCUT2D eigenvalue weighted by atomic mass is 19.4. The van der Waals surface area contributed by atoms with Crippen molar-refractivity contribution in [2.45, 2.75) is 31.5 Å². The number of rotatable bonds is 2. The Balaban J connectivity index is 2.69. The number of halogens is 3. The molecule has 1 aliphatic heterocycles. The predicted molar refractivity (Wildman–Crippen MR) is 48.8 cm³/mol. The van der Waals surface area contributed by atoms with Gasteiger partial charge in [0, 0.05) is 6.54 Å². The van der Waals surface area contributed by atoms with E-state index in [0.29, 0.717) is 12.8 Å². The molecule has 1 aliphatic rings. The van der Waals surface area contributed by atoms with Crippen molar-refractivity contribution in [3.8, 4) is 0 Å². The lowest BCUT2D eigenvalue weighted by Gasteiger charge is -2.24. The number of nitrogens with two attached hydrogens (primary N) is 1. The van der Waals surface area contributed by atoms with E-state index < -0.39 is 24.5 Å². The summed E-state index contributed by atoms with van der Waals surface area (Å²) in [5.41, 5.74) is 5.30. The Bertz CT molecular complexity index is 303. The molecule has 1 unspecified atom stereocenters. The van der Waals surface area contributed by atoms with Crippen LogP contribution in [0.25, 0.3) is 0 Å². The summed E-state index contributed by atoms with van der Waals surface area (Å²) in [4.78, 5) is 12.3. The van der Waals surface area contributed by atoms with Gasteiger partial charge >= 0.3 is 6.18 Å². The fourth-order valence-electron chi connectivity index (χ4n) is 1.71. The van der Waals surface area contributed by atoms with Crippen LogP contribution in [0.4, 0.5) is 13.2 Å². The lowest BCUT2D eigenvalue weighted by Crippen LogP contribution is -2.45. The van der Waals surface area contributed by atoms with Crippen molar-refractivity contribution in [1.82, 2.24) is 4.90 Å². The zero-order valence-corrected chi connectivity index (χ0v) is 8.37. The second-order valence-electron chi connectivity index (χ2n) is 3.56. The molecule has 8 heteroatoms. The van der Waals surface area contributed by atoms with Gasteiger partial charge in [0.15, 0.2) is 5.84 Å². The minimum Gasteiger partial charge on any atom is -0.409 e.